The number of ether oxygens (including phenoxy) is 1. The van der Waals surface area contributed by atoms with Crippen molar-refractivity contribution < 1.29 is 4.74 Å². The number of hydrogen-bond donors (Lipinski definition) is 1. The van der Waals surface area contributed by atoms with E-state index in [1.165, 1.54) is 0 Å². The quantitative estimate of drug-likeness (QED) is 0.872. The molecular formula is C15H16N4O. The molecule has 0 atom stereocenters. The number of hydrogen-bond acceptors (Lipinski definition) is 5. The fourth-order valence-corrected chi connectivity index (χ4v) is 1.61. The number of benzene rings is 1. The van der Waals surface area contributed by atoms with E-state index in [2.05, 4.69) is 28.3 Å². The van der Waals surface area contributed by atoms with E-state index in [9.17, 15) is 0 Å². The molecule has 1 N–H and O–H groups in total. The van der Waals surface area contributed by atoms with Crippen LogP contribution in [0.5, 0.6) is 5.75 Å². The molecule has 2 rings (SSSR count). The Morgan fingerprint density at radius 2 is 2.10 bits per heavy atom. The van der Waals surface area contributed by atoms with Gasteiger partial charge in [0.2, 0.25) is 0 Å². The van der Waals surface area contributed by atoms with Gasteiger partial charge in [0.25, 0.3) is 0 Å². The van der Waals surface area contributed by atoms with Crippen LogP contribution in [0, 0.1) is 11.3 Å². The predicted molar refractivity (Wildman–Crippen MR) is 76.3 cm³/mol. The van der Waals surface area contributed by atoms with Gasteiger partial charge in [-0.2, -0.15) is 5.26 Å². The van der Waals surface area contributed by atoms with Crippen molar-refractivity contribution in [2.24, 2.45) is 0 Å². The van der Waals surface area contributed by atoms with Crippen molar-refractivity contribution >= 4 is 5.82 Å². The first-order valence-electron chi connectivity index (χ1n) is 6.50. The molecule has 0 radical (unpaired) electrons. The van der Waals surface area contributed by atoms with Gasteiger partial charge in [-0.3, -0.25) is 4.98 Å². The molecule has 20 heavy (non-hydrogen) atoms. The van der Waals surface area contributed by atoms with Crippen LogP contribution >= 0.6 is 0 Å². The van der Waals surface area contributed by atoms with E-state index in [4.69, 9.17) is 10.00 Å². The van der Waals surface area contributed by atoms with Crippen molar-refractivity contribution in [2.45, 2.75) is 20.0 Å². The van der Waals surface area contributed by atoms with Crippen molar-refractivity contribution in [1.29, 1.82) is 5.26 Å². The van der Waals surface area contributed by atoms with E-state index in [1.807, 2.05) is 6.07 Å². The summed E-state index contributed by atoms with van der Waals surface area (Å²) in [7, 11) is 0. The maximum Gasteiger partial charge on any atom is 0.144 e. The molecule has 5 nitrogen and oxygen atoms in total. The minimum Gasteiger partial charge on any atom is -0.486 e. The SMILES string of the molecule is CCCNc1cnc(COc2ccccc2C#N)cn1. The molecule has 1 aromatic heterocycles. The third-order valence-corrected chi connectivity index (χ3v) is 2.64. The van der Waals surface area contributed by atoms with E-state index in [0.717, 1.165) is 24.5 Å². The minimum absolute atomic E-state index is 0.291. The highest BCUT2D eigenvalue weighted by molar-refractivity contribution is 5.42. The molecule has 102 valence electrons. The molecule has 0 spiro atoms. The van der Waals surface area contributed by atoms with E-state index in [-0.39, 0.29) is 0 Å². The summed E-state index contributed by atoms with van der Waals surface area (Å²) in [6.45, 7) is 3.26. The van der Waals surface area contributed by atoms with Gasteiger partial charge in [0.05, 0.1) is 23.7 Å². The van der Waals surface area contributed by atoms with Gasteiger partial charge in [0, 0.05) is 6.54 Å². The summed E-state index contributed by atoms with van der Waals surface area (Å²) in [5, 5.41) is 12.1. The van der Waals surface area contributed by atoms with Gasteiger partial charge < -0.3 is 10.1 Å². The van der Waals surface area contributed by atoms with Crippen LogP contribution in [0.25, 0.3) is 0 Å². The average molecular weight is 268 g/mol. The Hall–Kier alpha value is -2.61. The highest BCUT2D eigenvalue weighted by Gasteiger charge is 2.03. The molecule has 0 amide bonds. The maximum absolute atomic E-state index is 8.97. The van der Waals surface area contributed by atoms with Gasteiger partial charge in [-0.05, 0) is 18.6 Å². The molecule has 1 heterocycles. The Kier molecular flexibility index (Phi) is 4.90. The number of anilines is 1. The molecule has 0 bridgehead atoms. The number of para-hydroxylation sites is 1. The molecule has 0 fully saturated rings. The molecule has 5 heteroatoms. The molecule has 2 aromatic rings. The second-order valence-corrected chi connectivity index (χ2v) is 4.22. The topological polar surface area (TPSA) is 70.8 Å². The largest absolute Gasteiger partial charge is 0.486 e. The van der Waals surface area contributed by atoms with Crippen LogP contribution in [0.15, 0.2) is 36.7 Å². The first-order valence-corrected chi connectivity index (χ1v) is 6.50. The van der Waals surface area contributed by atoms with Gasteiger partial charge in [-0.25, -0.2) is 4.98 Å². The first kappa shape index (κ1) is 13.8. The lowest BCUT2D eigenvalue weighted by molar-refractivity contribution is 0.300. The summed E-state index contributed by atoms with van der Waals surface area (Å²) in [6.07, 6.45) is 4.40. The molecule has 0 saturated carbocycles. The second-order valence-electron chi connectivity index (χ2n) is 4.22. The van der Waals surface area contributed by atoms with Crippen LogP contribution in [0.4, 0.5) is 5.82 Å². The van der Waals surface area contributed by atoms with E-state index in [1.54, 1.807) is 30.6 Å². The summed E-state index contributed by atoms with van der Waals surface area (Å²) in [6, 6.07) is 9.22. The molecule has 0 aliphatic rings. The lowest BCUT2D eigenvalue weighted by atomic mass is 10.2. The van der Waals surface area contributed by atoms with Crippen LogP contribution in [0.3, 0.4) is 0 Å². The van der Waals surface area contributed by atoms with Crippen LogP contribution in [0.1, 0.15) is 24.6 Å². The average Bonchev–Trinajstić information content (AvgIpc) is 2.52. The van der Waals surface area contributed by atoms with Crippen LogP contribution in [-0.2, 0) is 6.61 Å². The Labute approximate surface area is 118 Å². The first-order chi connectivity index (χ1) is 9.83. The number of rotatable bonds is 6. The zero-order chi connectivity index (χ0) is 14.2. The fourth-order valence-electron chi connectivity index (χ4n) is 1.61. The van der Waals surface area contributed by atoms with Crippen molar-refractivity contribution in [3.05, 3.63) is 47.9 Å². The van der Waals surface area contributed by atoms with Gasteiger partial charge in [0.1, 0.15) is 24.2 Å². The highest BCUT2D eigenvalue weighted by Crippen LogP contribution is 2.17. The number of nitriles is 1. The van der Waals surface area contributed by atoms with E-state index in [0.29, 0.717) is 17.9 Å². The number of nitrogens with one attached hydrogen (secondary N) is 1. The Bertz CT molecular complexity index is 590. The van der Waals surface area contributed by atoms with Gasteiger partial charge in [-0.15, -0.1) is 0 Å². The van der Waals surface area contributed by atoms with Crippen molar-refractivity contribution in [1.82, 2.24) is 9.97 Å². The normalized spacial score (nSPS) is 9.80. The second kappa shape index (κ2) is 7.10. The van der Waals surface area contributed by atoms with Gasteiger partial charge >= 0.3 is 0 Å². The summed E-state index contributed by atoms with van der Waals surface area (Å²) in [5.41, 5.74) is 1.24. The monoisotopic (exact) mass is 268 g/mol. The zero-order valence-electron chi connectivity index (χ0n) is 11.3. The summed E-state index contributed by atoms with van der Waals surface area (Å²) < 4.78 is 5.59. The molecule has 0 saturated heterocycles. The van der Waals surface area contributed by atoms with Crippen molar-refractivity contribution in [3.63, 3.8) is 0 Å². The summed E-state index contributed by atoms with van der Waals surface area (Å²) in [4.78, 5) is 8.52. The third-order valence-electron chi connectivity index (χ3n) is 2.64. The molecule has 0 unspecified atom stereocenters. The molecular weight excluding hydrogens is 252 g/mol. The maximum atomic E-state index is 8.97. The van der Waals surface area contributed by atoms with Crippen molar-refractivity contribution in [2.75, 3.05) is 11.9 Å². The van der Waals surface area contributed by atoms with Gasteiger partial charge in [0.15, 0.2) is 0 Å². The molecule has 0 aliphatic heterocycles. The van der Waals surface area contributed by atoms with E-state index >= 15 is 0 Å². The standard InChI is InChI=1S/C15H16N4O/c1-2-7-17-15-10-18-13(9-19-15)11-20-14-6-4-3-5-12(14)8-16/h3-6,9-10H,2,7,11H2,1H3,(H,17,19). The fraction of sp³-hybridized carbons (Fsp3) is 0.267. The van der Waals surface area contributed by atoms with Crippen LogP contribution in [-0.4, -0.2) is 16.5 Å². The highest BCUT2D eigenvalue weighted by atomic mass is 16.5. The van der Waals surface area contributed by atoms with Crippen LogP contribution < -0.4 is 10.1 Å². The van der Waals surface area contributed by atoms with Crippen molar-refractivity contribution in [3.8, 4) is 11.8 Å². The van der Waals surface area contributed by atoms with E-state index < -0.39 is 0 Å². The Morgan fingerprint density at radius 1 is 1.25 bits per heavy atom. The van der Waals surface area contributed by atoms with Gasteiger partial charge in [-0.1, -0.05) is 19.1 Å². The third kappa shape index (κ3) is 3.69. The zero-order valence-corrected chi connectivity index (χ0v) is 11.3. The Morgan fingerprint density at radius 3 is 2.80 bits per heavy atom. The number of nitrogens with zero attached hydrogens (tertiary/aromatic N) is 3. The minimum atomic E-state index is 0.291. The smallest absolute Gasteiger partial charge is 0.144 e. The molecule has 0 aliphatic carbocycles. The summed E-state index contributed by atoms with van der Waals surface area (Å²) >= 11 is 0. The molecule has 1 aromatic carbocycles. The Balaban J connectivity index is 1.95. The lowest BCUT2D eigenvalue weighted by Gasteiger charge is -2.07. The van der Waals surface area contributed by atoms with Crippen LogP contribution in [0.2, 0.25) is 0 Å². The lowest BCUT2D eigenvalue weighted by Crippen LogP contribution is -2.05. The summed E-state index contributed by atoms with van der Waals surface area (Å²) in [5.74, 6) is 1.32. The predicted octanol–water partition coefficient (Wildman–Crippen LogP) is 2.75. The number of aromatic nitrogens is 2.